The van der Waals surface area contributed by atoms with E-state index in [-0.39, 0.29) is 5.60 Å². The average molecular weight is 256 g/mol. The van der Waals surface area contributed by atoms with Crippen molar-refractivity contribution in [3.8, 4) is 0 Å². The van der Waals surface area contributed by atoms with Gasteiger partial charge >= 0.3 is 0 Å². The molecular weight excluding hydrogens is 238 g/mol. The van der Waals surface area contributed by atoms with Gasteiger partial charge in [-0.2, -0.15) is 0 Å². The number of nitrogens with zero attached hydrogens (tertiary/aromatic N) is 2. The van der Waals surface area contributed by atoms with Crippen molar-refractivity contribution in [2.45, 2.75) is 26.0 Å². The third-order valence-electron chi connectivity index (χ3n) is 2.82. The lowest BCUT2D eigenvalue weighted by molar-refractivity contribution is -0.0885. The Balaban J connectivity index is 2.07. The Morgan fingerprint density at radius 2 is 2.29 bits per heavy atom. The predicted octanol–water partition coefficient (Wildman–Crippen LogP) is 1.93. The van der Waals surface area contributed by atoms with Crippen LogP contribution in [-0.2, 0) is 11.3 Å². The van der Waals surface area contributed by atoms with Gasteiger partial charge in [0, 0.05) is 19.6 Å². The highest BCUT2D eigenvalue weighted by Gasteiger charge is 2.27. The number of aromatic nitrogens is 1. The minimum Gasteiger partial charge on any atom is -0.384 e. The fraction of sp³-hybridized carbons (Fsp3) is 0.583. The van der Waals surface area contributed by atoms with E-state index in [1.807, 2.05) is 0 Å². The van der Waals surface area contributed by atoms with Gasteiger partial charge in [0.1, 0.15) is 5.82 Å². The lowest BCUT2D eigenvalue weighted by Crippen LogP contribution is -2.47. The highest BCUT2D eigenvalue weighted by atomic mass is 35.5. The van der Waals surface area contributed by atoms with Crippen LogP contribution >= 0.6 is 11.6 Å². The molecule has 0 saturated carbocycles. The molecule has 2 N–H and O–H groups in total. The molecule has 1 aliphatic rings. The Labute approximate surface area is 107 Å². The van der Waals surface area contributed by atoms with Crippen molar-refractivity contribution in [3.63, 3.8) is 0 Å². The number of nitrogens with two attached hydrogens (primary N) is 1. The van der Waals surface area contributed by atoms with Gasteiger partial charge in [0.05, 0.1) is 22.9 Å². The highest BCUT2D eigenvalue weighted by Crippen LogP contribution is 2.21. The molecule has 1 aromatic rings. The van der Waals surface area contributed by atoms with Crippen LogP contribution in [0.1, 0.15) is 19.5 Å². The molecule has 2 rings (SSSR count). The third kappa shape index (κ3) is 3.31. The van der Waals surface area contributed by atoms with Crippen LogP contribution in [0, 0.1) is 0 Å². The number of ether oxygens (including phenoxy) is 1. The van der Waals surface area contributed by atoms with Crippen LogP contribution < -0.4 is 5.73 Å². The number of halogens is 1. The van der Waals surface area contributed by atoms with E-state index in [9.17, 15) is 0 Å². The van der Waals surface area contributed by atoms with Crippen molar-refractivity contribution in [3.05, 3.63) is 22.8 Å². The molecule has 0 bridgehead atoms. The predicted molar refractivity (Wildman–Crippen MR) is 69.0 cm³/mol. The van der Waals surface area contributed by atoms with E-state index in [0.717, 1.165) is 31.9 Å². The summed E-state index contributed by atoms with van der Waals surface area (Å²) in [7, 11) is 0. The van der Waals surface area contributed by atoms with Gasteiger partial charge in [-0.1, -0.05) is 11.6 Å². The van der Waals surface area contributed by atoms with Gasteiger partial charge in [-0.3, -0.25) is 4.90 Å². The van der Waals surface area contributed by atoms with E-state index < -0.39 is 0 Å². The zero-order valence-corrected chi connectivity index (χ0v) is 11.0. The number of pyridine rings is 1. The van der Waals surface area contributed by atoms with Crippen LogP contribution in [0.25, 0.3) is 0 Å². The quantitative estimate of drug-likeness (QED) is 0.877. The van der Waals surface area contributed by atoms with E-state index in [2.05, 4.69) is 23.7 Å². The molecule has 0 amide bonds. The summed E-state index contributed by atoms with van der Waals surface area (Å²) in [4.78, 5) is 6.57. The lowest BCUT2D eigenvalue weighted by atomic mass is 10.1. The maximum atomic E-state index is 6.11. The second-order valence-corrected chi connectivity index (χ2v) is 5.39. The summed E-state index contributed by atoms with van der Waals surface area (Å²) in [5.41, 5.74) is 6.40. The van der Waals surface area contributed by atoms with E-state index >= 15 is 0 Å². The molecule has 0 unspecified atom stereocenters. The topological polar surface area (TPSA) is 51.4 Å². The summed E-state index contributed by atoms with van der Waals surface area (Å²) >= 11 is 6.11. The molecule has 1 saturated heterocycles. The maximum absolute atomic E-state index is 6.11. The number of hydrogen-bond donors (Lipinski definition) is 1. The van der Waals surface area contributed by atoms with Crippen LogP contribution in [0.15, 0.2) is 12.1 Å². The van der Waals surface area contributed by atoms with E-state index in [1.165, 1.54) is 0 Å². The van der Waals surface area contributed by atoms with Crippen molar-refractivity contribution >= 4 is 17.4 Å². The molecule has 17 heavy (non-hydrogen) atoms. The molecule has 1 aromatic heterocycles. The molecule has 5 heteroatoms. The second-order valence-electron chi connectivity index (χ2n) is 4.98. The average Bonchev–Trinajstić information content (AvgIpc) is 2.22. The fourth-order valence-electron chi connectivity index (χ4n) is 2.07. The highest BCUT2D eigenvalue weighted by molar-refractivity contribution is 6.31. The third-order valence-corrected chi connectivity index (χ3v) is 3.16. The summed E-state index contributed by atoms with van der Waals surface area (Å²) in [5.74, 6) is 0.511. The molecule has 2 heterocycles. The Bertz CT molecular complexity index is 409. The smallest absolute Gasteiger partial charge is 0.123 e. The van der Waals surface area contributed by atoms with Gasteiger partial charge in [0.25, 0.3) is 0 Å². The van der Waals surface area contributed by atoms with E-state index in [0.29, 0.717) is 10.8 Å². The Morgan fingerprint density at radius 1 is 1.53 bits per heavy atom. The van der Waals surface area contributed by atoms with Crippen LogP contribution in [-0.4, -0.2) is 35.2 Å². The molecular formula is C12H18ClN3O. The van der Waals surface area contributed by atoms with Gasteiger partial charge < -0.3 is 10.5 Å². The lowest BCUT2D eigenvalue weighted by Gasteiger charge is -2.38. The summed E-state index contributed by atoms with van der Waals surface area (Å²) in [5, 5.41) is 0.670. The molecule has 1 aliphatic heterocycles. The molecule has 0 radical (unpaired) electrons. The molecule has 4 nitrogen and oxygen atoms in total. The first-order valence-electron chi connectivity index (χ1n) is 5.73. The first-order valence-corrected chi connectivity index (χ1v) is 6.11. The largest absolute Gasteiger partial charge is 0.384 e. The van der Waals surface area contributed by atoms with Gasteiger partial charge in [0.2, 0.25) is 0 Å². The number of rotatable bonds is 2. The van der Waals surface area contributed by atoms with E-state index in [1.54, 1.807) is 12.1 Å². The van der Waals surface area contributed by atoms with Crippen LogP contribution in [0.3, 0.4) is 0 Å². The number of anilines is 1. The standard InChI is InChI=1S/C12H18ClN3O/c1-12(2)8-16(5-6-17-12)7-10-9(13)3-4-11(14)15-10/h3-4H,5-8H2,1-2H3,(H2,14,15). The van der Waals surface area contributed by atoms with Crippen molar-refractivity contribution < 1.29 is 4.74 Å². The normalized spacial score (nSPS) is 20.4. The van der Waals surface area contributed by atoms with Gasteiger partial charge in [-0.15, -0.1) is 0 Å². The van der Waals surface area contributed by atoms with Crippen molar-refractivity contribution in [2.75, 3.05) is 25.4 Å². The van der Waals surface area contributed by atoms with Crippen molar-refractivity contribution in [2.24, 2.45) is 0 Å². The SMILES string of the molecule is CC1(C)CN(Cc2nc(N)ccc2Cl)CCO1. The Morgan fingerprint density at radius 3 is 3.00 bits per heavy atom. The molecule has 0 atom stereocenters. The summed E-state index contributed by atoms with van der Waals surface area (Å²) in [6, 6.07) is 3.51. The molecule has 0 aliphatic carbocycles. The first-order chi connectivity index (χ1) is 7.96. The van der Waals surface area contributed by atoms with Crippen molar-refractivity contribution in [1.29, 1.82) is 0 Å². The summed E-state index contributed by atoms with van der Waals surface area (Å²) < 4.78 is 5.67. The van der Waals surface area contributed by atoms with Crippen LogP contribution in [0.2, 0.25) is 5.02 Å². The van der Waals surface area contributed by atoms with Crippen molar-refractivity contribution in [1.82, 2.24) is 9.88 Å². The minimum absolute atomic E-state index is 0.106. The van der Waals surface area contributed by atoms with Gasteiger partial charge in [-0.25, -0.2) is 4.98 Å². The molecule has 0 spiro atoms. The summed E-state index contributed by atoms with van der Waals surface area (Å²) in [6.45, 7) is 7.42. The second kappa shape index (κ2) is 4.80. The van der Waals surface area contributed by atoms with Crippen LogP contribution in [0.4, 0.5) is 5.82 Å². The van der Waals surface area contributed by atoms with E-state index in [4.69, 9.17) is 22.1 Å². The Kier molecular flexibility index (Phi) is 3.56. The number of hydrogen-bond acceptors (Lipinski definition) is 4. The van der Waals surface area contributed by atoms with Gasteiger partial charge in [-0.05, 0) is 26.0 Å². The zero-order chi connectivity index (χ0) is 12.5. The number of morpholine rings is 1. The molecule has 1 fully saturated rings. The monoisotopic (exact) mass is 255 g/mol. The molecule has 94 valence electrons. The first kappa shape index (κ1) is 12.6. The summed E-state index contributed by atoms with van der Waals surface area (Å²) in [6.07, 6.45) is 0. The Hall–Kier alpha value is -0.840. The van der Waals surface area contributed by atoms with Gasteiger partial charge in [0.15, 0.2) is 0 Å². The molecule has 0 aromatic carbocycles. The minimum atomic E-state index is -0.106. The fourth-order valence-corrected chi connectivity index (χ4v) is 2.24. The van der Waals surface area contributed by atoms with Crippen LogP contribution in [0.5, 0.6) is 0 Å². The number of nitrogen functional groups attached to an aromatic ring is 1. The maximum Gasteiger partial charge on any atom is 0.123 e. The zero-order valence-electron chi connectivity index (χ0n) is 10.2.